The Hall–Kier alpha value is -3.06. The molecule has 3 aromatic rings. The van der Waals surface area contributed by atoms with Crippen molar-refractivity contribution in [3.05, 3.63) is 97.9 Å². The first-order valence-electron chi connectivity index (χ1n) is 10.6. The van der Waals surface area contributed by atoms with Gasteiger partial charge in [-0.15, -0.1) is 0 Å². The van der Waals surface area contributed by atoms with E-state index in [2.05, 4.69) is 43.2 Å². The lowest BCUT2D eigenvalue weighted by atomic mass is 9.87. The Morgan fingerprint density at radius 3 is 2.11 bits per heavy atom. The molecule has 176 valence electrons. The van der Waals surface area contributed by atoms with Gasteiger partial charge < -0.3 is 10.4 Å². The van der Waals surface area contributed by atoms with Gasteiger partial charge in [0.2, 0.25) is 11.8 Å². The third-order valence-corrected chi connectivity index (χ3v) is 7.63. The SMILES string of the molecule is N#CC1=C(SCC(=O)N(c2ccccc2)c2ccccc2)NC(=O)C[C@@H]1c1cc(Br)c(O)c(Br)c1. The van der Waals surface area contributed by atoms with Crippen molar-refractivity contribution in [2.75, 3.05) is 10.7 Å². The summed E-state index contributed by atoms with van der Waals surface area (Å²) in [5.41, 5.74) is 2.52. The normalized spacial score (nSPS) is 15.3. The van der Waals surface area contributed by atoms with Crippen LogP contribution in [-0.2, 0) is 9.59 Å². The molecule has 0 saturated carbocycles. The lowest BCUT2D eigenvalue weighted by Gasteiger charge is -2.27. The third-order valence-electron chi connectivity index (χ3n) is 5.42. The topological polar surface area (TPSA) is 93.4 Å². The van der Waals surface area contributed by atoms with Crippen molar-refractivity contribution in [1.29, 1.82) is 5.26 Å². The summed E-state index contributed by atoms with van der Waals surface area (Å²) in [6.45, 7) is 0. The van der Waals surface area contributed by atoms with Crippen molar-refractivity contribution in [2.24, 2.45) is 0 Å². The molecule has 0 unspecified atom stereocenters. The molecule has 0 bridgehead atoms. The number of thioether (sulfide) groups is 1. The number of hydrogen-bond donors (Lipinski definition) is 2. The average molecular weight is 613 g/mol. The molecule has 1 atom stereocenters. The summed E-state index contributed by atoms with van der Waals surface area (Å²) in [7, 11) is 0. The third kappa shape index (κ3) is 5.61. The quantitative estimate of drug-likeness (QED) is 0.338. The molecule has 6 nitrogen and oxygen atoms in total. The highest BCUT2D eigenvalue weighted by molar-refractivity contribution is 9.11. The molecule has 3 aromatic carbocycles. The van der Waals surface area contributed by atoms with E-state index in [1.165, 1.54) is 0 Å². The van der Waals surface area contributed by atoms with E-state index in [-0.39, 0.29) is 29.7 Å². The number of allylic oxidation sites excluding steroid dienone is 1. The maximum Gasteiger partial charge on any atom is 0.241 e. The second-order valence-corrected chi connectivity index (χ2v) is 10.4. The van der Waals surface area contributed by atoms with Gasteiger partial charge in [0.1, 0.15) is 5.75 Å². The number of amides is 2. The number of phenols is 1. The summed E-state index contributed by atoms with van der Waals surface area (Å²) in [5.74, 6) is -0.881. The van der Waals surface area contributed by atoms with Crippen LogP contribution in [0, 0.1) is 11.3 Å². The fraction of sp³-hybridized carbons (Fsp3) is 0.115. The van der Waals surface area contributed by atoms with Gasteiger partial charge >= 0.3 is 0 Å². The van der Waals surface area contributed by atoms with Crippen LogP contribution < -0.4 is 10.2 Å². The smallest absolute Gasteiger partial charge is 0.241 e. The van der Waals surface area contributed by atoms with E-state index in [1.54, 1.807) is 17.0 Å². The molecule has 4 rings (SSSR count). The number of carbonyl (C=O) groups excluding carboxylic acids is 2. The molecule has 1 aliphatic heterocycles. The second kappa shape index (κ2) is 11.1. The summed E-state index contributed by atoms with van der Waals surface area (Å²) in [5, 5.41) is 23.1. The van der Waals surface area contributed by atoms with Crippen molar-refractivity contribution in [2.45, 2.75) is 12.3 Å². The van der Waals surface area contributed by atoms with Crippen molar-refractivity contribution < 1.29 is 14.7 Å². The Labute approximate surface area is 223 Å². The van der Waals surface area contributed by atoms with Gasteiger partial charge in [0.05, 0.1) is 31.4 Å². The molecule has 0 aromatic heterocycles. The minimum atomic E-state index is -0.501. The van der Waals surface area contributed by atoms with Crippen LogP contribution in [0.4, 0.5) is 11.4 Å². The number of nitriles is 1. The van der Waals surface area contributed by atoms with Gasteiger partial charge in [-0.05, 0) is 73.8 Å². The summed E-state index contributed by atoms with van der Waals surface area (Å²) >= 11 is 7.75. The van der Waals surface area contributed by atoms with Gasteiger partial charge in [-0.1, -0.05) is 48.2 Å². The van der Waals surface area contributed by atoms with E-state index < -0.39 is 5.92 Å². The zero-order chi connectivity index (χ0) is 24.9. The molecular formula is C26H19Br2N3O3S. The zero-order valence-electron chi connectivity index (χ0n) is 18.2. The highest BCUT2D eigenvalue weighted by Crippen LogP contribution is 2.41. The molecule has 1 aliphatic rings. The van der Waals surface area contributed by atoms with E-state index in [4.69, 9.17) is 0 Å². The largest absolute Gasteiger partial charge is 0.506 e. The minimum absolute atomic E-state index is 0.0142. The molecule has 2 amide bonds. The molecule has 9 heteroatoms. The van der Waals surface area contributed by atoms with Gasteiger partial charge in [0.25, 0.3) is 0 Å². The summed E-state index contributed by atoms with van der Waals surface area (Å²) in [6.07, 6.45) is 0.0880. The summed E-state index contributed by atoms with van der Waals surface area (Å²) in [4.78, 5) is 27.6. The number of carbonyl (C=O) groups is 2. The number of hydrogen-bond acceptors (Lipinski definition) is 5. The lowest BCUT2D eigenvalue weighted by Crippen LogP contribution is -2.32. The zero-order valence-corrected chi connectivity index (χ0v) is 22.2. The first-order valence-corrected chi connectivity index (χ1v) is 13.1. The van der Waals surface area contributed by atoms with Gasteiger partial charge in [-0.25, -0.2) is 0 Å². The Balaban J connectivity index is 1.63. The number of halogens is 2. The van der Waals surface area contributed by atoms with Gasteiger partial charge in [0, 0.05) is 23.7 Å². The highest BCUT2D eigenvalue weighted by atomic mass is 79.9. The second-order valence-electron chi connectivity index (χ2n) is 7.68. The monoisotopic (exact) mass is 611 g/mol. The average Bonchev–Trinajstić information content (AvgIpc) is 2.87. The standard InChI is InChI=1S/C26H19Br2N3O3S/c27-21-11-16(12-22(28)25(21)34)19-13-23(32)30-26(20(19)14-29)35-15-24(33)31(17-7-3-1-4-8-17)18-9-5-2-6-10-18/h1-12,19,34H,13,15H2,(H,30,32)/t19-/m1/s1. The molecule has 2 N–H and O–H groups in total. The number of nitrogens with zero attached hydrogens (tertiary/aromatic N) is 2. The fourth-order valence-corrected chi connectivity index (χ4v) is 5.94. The predicted molar refractivity (Wildman–Crippen MR) is 144 cm³/mol. The first kappa shape index (κ1) is 25.0. The van der Waals surface area contributed by atoms with E-state index in [0.29, 0.717) is 25.1 Å². The van der Waals surface area contributed by atoms with Crippen LogP contribution in [0.15, 0.2) is 92.3 Å². The summed E-state index contributed by atoms with van der Waals surface area (Å²) in [6, 6.07) is 24.2. The number of aromatic hydroxyl groups is 1. The van der Waals surface area contributed by atoms with Crippen LogP contribution in [0.25, 0.3) is 0 Å². The molecule has 35 heavy (non-hydrogen) atoms. The van der Waals surface area contributed by atoms with Crippen molar-refractivity contribution in [3.63, 3.8) is 0 Å². The maximum atomic E-state index is 13.4. The molecule has 0 aliphatic carbocycles. The maximum absolute atomic E-state index is 13.4. The lowest BCUT2D eigenvalue weighted by molar-refractivity contribution is -0.121. The van der Waals surface area contributed by atoms with Crippen LogP contribution in [0.2, 0.25) is 0 Å². The van der Waals surface area contributed by atoms with Gasteiger partial charge in [0.15, 0.2) is 0 Å². The Bertz CT molecular complexity index is 1280. The molecule has 0 fully saturated rings. The molecule has 0 saturated heterocycles. The number of benzene rings is 3. The number of phenolic OH excluding ortho intramolecular Hbond substituents is 1. The van der Waals surface area contributed by atoms with E-state index in [9.17, 15) is 20.0 Å². The van der Waals surface area contributed by atoms with E-state index in [0.717, 1.165) is 23.1 Å². The van der Waals surface area contributed by atoms with Crippen LogP contribution in [0.1, 0.15) is 17.9 Å². The Morgan fingerprint density at radius 2 is 1.60 bits per heavy atom. The Kier molecular flexibility index (Phi) is 7.96. The van der Waals surface area contributed by atoms with Crippen LogP contribution >= 0.6 is 43.6 Å². The van der Waals surface area contributed by atoms with Crippen molar-refractivity contribution in [1.82, 2.24) is 5.32 Å². The minimum Gasteiger partial charge on any atom is -0.506 e. The van der Waals surface area contributed by atoms with Crippen LogP contribution in [-0.4, -0.2) is 22.7 Å². The molecule has 0 spiro atoms. The Morgan fingerprint density at radius 1 is 1.06 bits per heavy atom. The van der Waals surface area contributed by atoms with Crippen molar-refractivity contribution >= 4 is 66.8 Å². The summed E-state index contributed by atoms with van der Waals surface area (Å²) < 4.78 is 0.909. The number of anilines is 2. The van der Waals surface area contributed by atoms with Crippen LogP contribution in [0.3, 0.4) is 0 Å². The highest BCUT2D eigenvalue weighted by Gasteiger charge is 2.31. The predicted octanol–water partition coefficient (Wildman–Crippen LogP) is 6.35. The van der Waals surface area contributed by atoms with Gasteiger partial charge in [-0.2, -0.15) is 5.26 Å². The first-order chi connectivity index (χ1) is 16.9. The van der Waals surface area contributed by atoms with E-state index in [1.807, 2.05) is 60.7 Å². The molecule has 1 heterocycles. The number of nitrogens with one attached hydrogen (secondary N) is 1. The number of rotatable bonds is 6. The van der Waals surface area contributed by atoms with Crippen LogP contribution in [0.5, 0.6) is 5.75 Å². The number of para-hydroxylation sites is 2. The molecular weight excluding hydrogens is 594 g/mol. The van der Waals surface area contributed by atoms with Gasteiger partial charge in [-0.3, -0.25) is 14.5 Å². The van der Waals surface area contributed by atoms with Crippen molar-refractivity contribution in [3.8, 4) is 11.8 Å². The van der Waals surface area contributed by atoms with E-state index >= 15 is 0 Å². The molecule has 0 radical (unpaired) electrons. The fourth-order valence-electron chi connectivity index (χ4n) is 3.79.